The monoisotopic (exact) mass is 498 g/mol. The standard InChI is InChI=1S/C26H31FN4O3S/c1-34-19-4-6-25-22(15-19)21(8-10-28-25)24(27)5-3-18-9-13-31(17-23(18)26(32)33)12-2-14-35-20-7-11-29-30-16-20/h4,6-8,10-11,15-16,18,23-24H,2-3,5,9,12-14,17H2,1H3,(H,32,33)/t18-,23+,24?/m1/s1. The summed E-state index contributed by atoms with van der Waals surface area (Å²) in [6.45, 7) is 2.23. The minimum absolute atomic E-state index is 0.0260. The Morgan fingerprint density at radius 3 is 2.94 bits per heavy atom. The molecule has 3 aromatic rings. The number of ether oxygens (including phenoxy) is 1. The summed E-state index contributed by atoms with van der Waals surface area (Å²) in [6.07, 6.45) is 6.45. The largest absolute Gasteiger partial charge is 0.497 e. The van der Waals surface area contributed by atoms with Crippen LogP contribution in [0.25, 0.3) is 10.9 Å². The Labute approximate surface area is 209 Å². The summed E-state index contributed by atoms with van der Waals surface area (Å²) in [5.41, 5.74) is 1.31. The molecule has 4 rings (SSSR count). The van der Waals surface area contributed by atoms with E-state index in [1.807, 2.05) is 24.3 Å². The molecule has 35 heavy (non-hydrogen) atoms. The molecule has 2 aromatic heterocycles. The van der Waals surface area contributed by atoms with Gasteiger partial charge in [0.2, 0.25) is 0 Å². The van der Waals surface area contributed by atoms with Gasteiger partial charge in [0.15, 0.2) is 0 Å². The summed E-state index contributed by atoms with van der Waals surface area (Å²) >= 11 is 1.73. The first kappa shape index (κ1) is 25.3. The van der Waals surface area contributed by atoms with Crippen LogP contribution in [-0.2, 0) is 4.79 Å². The average molecular weight is 499 g/mol. The van der Waals surface area contributed by atoms with Crippen molar-refractivity contribution in [1.29, 1.82) is 0 Å². The molecule has 0 saturated carbocycles. The van der Waals surface area contributed by atoms with Gasteiger partial charge < -0.3 is 14.7 Å². The minimum atomic E-state index is -1.18. The van der Waals surface area contributed by atoms with Gasteiger partial charge in [0.25, 0.3) is 0 Å². The molecule has 1 aromatic carbocycles. The number of rotatable bonds is 11. The van der Waals surface area contributed by atoms with Gasteiger partial charge in [-0.05, 0) is 86.3 Å². The van der Waals surface area contributed by atoms with Gasteiger partial charge in [-0.2, -0.15) is 10.2 Å². The molecule has 0 amide bonds. The van der Waals surface area contributed by atoms with Crippen molar-refractivity contribution in [2.75, 3.05) is 32.5 Å². The van der Waals surface area contributed by atoms with Gasteiger partial charge >= 0.3 is 5.97 Å². The molecule has 1 aliphatic heterocycles. The predicted octanol–water partition coefficient (Wildman–Crippen LogP) is 5.03. The van der Waals surface area contributed by atoms with Crippen LogP contribution < -0.4 is 4.74 Å². The maximum Gasteiger partial charge on any atom is 0.308 e. The van der Waals surface area contributed by atoms with E-state index < -0.39 is 18.1 Å². The highest BCUT2D eigenvalue weighted by Crippen LogP contribution is 2.35. The van der Waals surface area contributed by atoms with Crippen molar-refractivity contribution in [1.82, 2.24) is 20.1 Å². The molecule has 0 aliphatic carbocycles. The number of nitrogens with zero attached hydrogens (tertiary/aromatic N) is 4. The van der Waals surface area contributed by atoms with Crippen LogP contribution in [0.15, 0.2) is 53.8 Å². The number of methoxy groups -OCH3 is 1. The van der Waals surface area contributed by atoms with Gasteiger partial charge in [-0.25, -0.2) is 4.39 Å². The lowest BCUT2D eigenvalue weighted by Crippen LogP contribution is -2.44. The molecule has 0 bridgehead atoms. The van der Waals surface area contributed by atoms with Crippen LogP contribution in [0, 0.1) is 11.8 Å². The van der Waals surface area contributed by atoms with E-state index in [1.54, 1.807) is 43.5 Å². The van der Waals surface area contributed by atoms with Crippen LogP contribution in [0.4, 0.5) is 4.39 Å². The Morgan fingerprint density at radius 1 is 1.29 bits per heavy atom. The minimum Gasteiger partial charge on any atom is -0.497 e. The van der Waals surface area contributed by atoms with Crippen molar-refractivity contribution in [3.63, 3.8) is 0 Å². The van der Waals surface area contributed by atoms with Crippen LogP contribution in [0.5, 0.6) is 5.75 Å². The number of pyridine rings is 1. The lowest BCUT2D eigenvalue weighted by atomic mass is 9.81. The topological polar surface area (TPSA) is 88.4 Å². The Hall–Kier alpha value is -2.78. The molecule has 3 heterocycles. The molecule has 1 fully saturated rings. The summed E-state index contributed by atoms with van der Waals surface area (Å²) in [5, 5.41) is 18.3. The van der Waals surface area contributed by atoms with E-state index >= 15 is 4.39 Å². The number of piperidine rings is 1. The molecule has 9 heteroatoms. The molecule has 186 valence electrons. The Kier molecular flexibility index (Phi) is 8.87. The Bertz CT molecular complexity index is 1120. The van der Waals surface area contributed by atoms with E-state index in [-0.39, 0.29) is 5.92 Å². The van der Waals surface area contributed by atoms with Crippen LogP contribution in [-0.4, -0.2) is 63.7 Å². The van der Waals surface area contributed by atoms with Gasteiger partial charge in [0, 0.05) is 23.0 Å². The van der Waals surface area contributed by atoms with Crippen molar-refractivity contribution in [2.45, 2.75) is 36.8 Å². The lowest BCUT2D eigenvalue weighted by molar-refractivity contribution is -0.146. The summed E-state index contributed by atoms with van der Waals surface area (Å²) in [5.74, 6) is 0.320. The second-order valence-electron chi connectivity index (χ2n) is 8.90. The second-order valence-corrected chi connectivity index (χ2v) is 10.1. The average Bonchev–Trinajstić information content (AvgIpc) is 2.89. The fourth-order valence-corrected chi connectivity index (χ4v) is 5.59. The van der Waals surface area contributed by atoms with Crippen LogP contribution in [0.3, 0.4) is 0 Å². The van der Waals surface area contributed by atoms with Gasteiger partial charge in [-0.15, -0.1) is 11.8 Å². The first-order valence-electron chi connectivity index (χ1n) is 12.0. The SMILES string of the molecule is COc1ccc2nccc(C(F)CC[C@@H]3CCN(CCCSc4ccnnc4)C[C@@H]3C(=O)O)c2c1. The van der Waals surface area contributed by atoms with Crippen molar-refractivity contribution in [3.8, 4) is 5.75 Å². The number of aromatic nitrogens is 3. The van der Waals surface area contributed by atoms with Crippen LogP contribution in [0.2, 0.25) is 0 Å². The first-order chi connectivity index (χ1) is 17.0. The maximum absolute atomic E-state index is 15.4. The molecule has 7 nitrogen and oxygen atoms in total. The van der Waals surface area contributed by atoms with E-state index in [0.717, 1.165) is 47.5 Å². The van der Waals surface area contributed by atoms with Crippen molar-refractivity contribution >= 4 is 28.6 Å². The number of thioether (sulfide) groups is 1. The third-order valence-corrected chi connectivity index (χ3v) is 7.78. The normalized spacial score (nSPS) is 19.5. The molecule has 3 atom stereocenters. The third-order valence-electron chi connectivity index (χ3n) is 6.71. The lowest BCUT2D eigenvalue weighted by Gasteiger charge is -2.36. The van der Waals surface area contributed by atoms with Crippen molar-refractivity contribution < 1.29 is 19.0 Å². The molecular formula is C26H31FN4O3S. The van der Waals surface area contributed by atoms with E-state index in [1.165, 1.54) is 0 Å². The number of fused-ring (bicyclic) bond motifs is 1. The number of halogens is 1. The fourth-order valence-electron chi connectivity index (χ4n) is 4.80. The quantitative estimate of drug-likeness (QED) is 0.291. The van der Waals surface area contributed by atoms with Gasteiger partial charge in [-0.3, -0.25) is 9.78 Å². The number of carboxylic acids is 1. The zero-order valence-corrected chi connectivity index (χ0v) is 20.7. The number of carbonyl (C=O) groups is 1. The number of aliphatic carboxylic acids is 1. The zero-order chi connectivity index (χ0) is 24.6. The number of likely N-dealkylation sites (tertiary alicyclic amines) is 1. The van der Waals surface area contributed by atoms with E-state index in [9.17, 15) is 9.90 Å². The molecular weight excluding hydrogens is 467 g/mol. The Morgan fingerprint density at radius 2 is 2.17 bits per heavy atom. The predicted molar refractivity (Wildman–Crippen MR) is 134 cm³/mol. The van der Waals surface area contributed by atoms with Crippen molar-refractivity contribution in [3.05, 3.63) is 54.5 Å². The van der Waals surface area contributed by atoms with Gasteiger partial charge in [0.1, 0.15) is 11.9 Å². The van der Waals surface area contributed by atoms with Crippen LogP contribution >= 0.6 is 11.8 Å². The van der Waals surface area contributed by atoms with E-state index in [2.05, 4.69) is 20.1 Å². The van der Waals surface area contributed by atoms with Crippen molar-refractivity contribution in [2.24, 2.45) is 11.8 Å². The van der Waals surface area contributed by atoms with Crippen LogP contribution in [0.1, 0.15) is 37.4 Å². The molecule has 0 spiro atoms. The summed E-state index contributed by atoms with van der Waals surface area (Å²) < 4.78 is 20.7. The zero-order valence-electron chi connectivity index (χ0n) is 19.8. The molecule has 0 radical (unpaired) electrons. The number of benzene rings is 1. The second kappa shape index (κ2) is 12.3. The number of carboxylic acid groups (broad SMARTS) is 1. The Balaban J connectivity index is 1.30. The highest BCUT2D eigenvalue weighted by atomic mass is 32.2. The summed E-state index contributed by atoms with van der Waals surface area (Å²) in [4.78, 5) is 19.7. The molecule has 1 saturated heterocycles. The first-order valence-corrected chi connectivity index (χ1v) is 12.9. The molecule has 1 unspecified atom stereocenters. The van der Waals surface area contributed by atoms with Gasteiger partial charge in [0.05, 0.1) is 30.9 Å². The molecule has 1 aliphatic rings. The number of hydrogen-bond acceptors (Lipinski definition) is 7. The number of hydrogen-bond donors (Lipinski definition) is 1. The van der Waals surface area contributed by atoms with E-state index in [4.69, 9.17) is 4.74 Å². The smallest absolute Gasteiger partial charge is 0.308 e. The van der Waals surface area contributed by atoms with E-state index in [0.29, 0.717) is 30.7 Å². The van der Waals surface area contributed by atoms with Gasteiger partial charge in [-0.1, -0.05) is 0 Å². The molecule has 1 N–H and O–H groups in total. The summed E-state index contributed by atoms with van der Waals surface area (Å²) in [7, 11) is 1.58. The maximum atomic E-state index is 15.4. The summed E-state index contributed by atoms with van der Waals surface area (Å²) in [6, 6.07) is 9.10. The third kappa shape index (κ3) is 6.67. The highest BCUT2D eigenvalue weighted by molar-refractivity contribution is 7.99. The number of alkyl halides is 1. The fraction of sp³-hybridized carbons (Fsp3) is 0.462. The highest BCUT2D eigenvalue weighted by Gasteiger charge is 2.34.